The summed E-state index contributed by atoms with van der Waals surface area (Å²) < 4.78 is 40.7. The molecule has 0 aliphatic heterocycles. The van der Waals surface area contributed by atoms with Crippen molar-refractivity contribution in [3.8, 4) is 11.4 Å². The highest BCUT2D eigenvalue weighted by Gasteiger charge is 2.32. The van der Waals surface area contributed by atoms with Gasteiger partial charge in [0.05, 0.1) is 6.20 Å². The fraction of sp³-hybridized carbons (Fsp3) is 0.308. The van der Waals surface area contributed by atoms with E-state index in [0.717, 1.165) is 36.4 Å². The van der Waals surface area contributed by atoms with E-state index >= 15 is 0 Å². The fourth-order valence-electron chi connectivity index (χ4n) is 4.89. The minimum atomic E-state index is -4.51. The first-order valence-corrected chi connectivity index (χ1v) is 11.9. The molecule has 0 amide bonds. The number of hydrogen-bond acceptors (Lipinski definition) is 5. The van der Waals surface area contributed by atoms with Gasteiger partial charge in [0.2, 0.25) is 5.95 Å². The van der Waals surface area contributed by atoms with Gasteiger partial charge < -0.3 is 10.3 Å². The van der Waals surface area contributed by atoms with E-state index in [-0.39, 0.29) is 12.0 Å². The van der Waals surface area contributed by atoms with Gasteiger partial charge in [-0.1, -0.05) is 32.0 Å². The third kappa shape index (κ3) is 3.86. The molecule has 36 heavy (non-hydrogen) atoms. The second-order valence-corrected chi connectivity index (χ2v) is 9.50. The molecule has 0 fully saturated rings. The number of nitrogens with zero attached hydrogens (tertiary/aromatic N) is 5. The van der Waals surface area contributed by atoms with Crippen molar-refractivity contribution in [1.82, 2.24) is 29.5 Å². The van der Waals surface area contributed by atoms with Crippen LogP contribution in [0.2, 0.25) is 0 Å². The lowest BCUT2D eigenvalue weighted by Gasteiger charge is -2.24. The Morgan fingerprint density at radius 3 is 2.67 bits per heavy atom. The Labute approximate surface area is 204 Å². The second-order valence-electron chi connectivity index (χ2n) is 9.50. The number of anilines is 1. The molecule has 0 saturated heterocycles. The molecule has 10 heteroatoms. The molecule has 0 saturated carbocycles. The third-order valence-corrected chi connectivity index (χ3v) is 6.76. The van der Waals surface area contributed by atoms with Crippen LogP contribution in [0.5, 0.6) is 0 Å². The number of hydrogen-bond donors (Lipinski definition) is 2. The van der Waals surface area contributed by atoms with E-state index in [1.165, 1.54) is 28.9 Å². The predicted octanol–water partition coefficient (Wildman–Crippen LogP) is 5.78. The Kier molecular flexibility index (Phi) is 5.20. The van der Waals surface area contributed by atoms with Gasteiger partial charge in [-0.05, 0) is 48.9 Å². The molecule has 1 aliphatic rings. The summed E-state index contributed by atoms with van der Waals surface area (Å²) in [4.78, 5) is 16.5. The first kappa shape index (κ1) is 22.5. The molecule has 2 N–H and O–H groups in total. The van der Waals surface area contributed by atoms with Crippen molar-refractivity contribution in [3.63, 3.8) is 0 Å². The number of H-pyrrole nitrogens is 1. The number of aromatic amines is 1. The van der Waals surface area contributed by atoms with Gasteiger partial charge in [0.15, 0.2) is 11.5 Å². The van der Waals surface area contributed by atoms with Crippen LogP contribution in [0.3, 0.4) is 0 Å². The molecule has 4 heterocycles. The van der Waals surface area contributed by atoms with E-state index in [1.807, 2.05) is 26.0 Å². The minimum Gasteiger partial charge on any atom is -0.358 e. The zero-order valence-electron chi connectivity index (χ0n) is 19.8. The molecule has 4 aromatic heterocycles. The van der Waals surface area contributed by atoms with Gasteiger partial charge in [-0.3, -0.25) is 4.98 Å². The highest BCUT2D eigenvalue weighted by molar-refractivity contribution is 5.85. The van der Waals surface area contributed by atoms with Crippen molar-refractivity contribution < 1.29 is 13.2 Å². The van der Waals surface area contributed by atoms with Gasteiger partial charge in [-0.25, -0.2) is 4.98 Å². The number of para-hydroxylation sites is 1. The number of rotatable bonds is 4. The Hall–Kier alpha value is -3.95. The molecule has 0 spiro atoms. The van der Waals surface area contributed by atoms with Crippen molar-refractivity contribution in [2.75, 3.05) is 5.32 Å². The summed E-state index contributed by atoms with van der Waals surface area (Å²) in [5.74, 6) is 0.972. The van der Waals surface area contributed by atoms with Gasteiger partial charge in [0.1, 0.15) is 5.69 Å². The van der Waals surface area contributed by atoms with E-state index in [4.69, 9.17) is 0 Å². The largest absolute Gasteiger partial charge is 0.433 e. The van der Waals surface area contributed by atoms with Crippen molar-refractivity contribution >= 4 is 22.5 Å². The average Bonchev–Trinajstić information content (AvgIpc) is 3.45. The molecular weight excluding hydrogens is 467 g/mol. The lowest BCUT2D eigenvalue weighted by molar-refractivity contribution is -0.141. The monoisotopic (exact) mass is 491 g/mol. The van der Waals surface area contributed by atoms with Crippen LogP contribution in [0, 0.1) is 0 Å². The maximum atomic E-state index is 13.0. The molecule has 0 radical (unpaired) electrons. The van der Waals surface area contributed by atoms with Gasteiger partial charge in [-0.15, -0.1) is 0 Å². The number of benzene rings is 1. The number of halogens is 3. The Morgan fingerprint density at radius 1 is 1.08 bits per heavy atom. The van der Waals surface area contributed by atoms with Crippen LogP contribution in [-0.2, 0) is 19.0 Å². The summed E-state index contributed by atoms with van der Waals surface area (Å²) in [6.07, 6.45) is 1.06. The van der Waals surface area contributed by atoms with Crippen LogP contribution in [0.25, 0.3) is 27.9 Å². The lowest BCUT2D eigenvalue weighted by Crippen LogP contribution is -2.29. The molecule has 0 bridgehead atoms. The summed E-state index contributed by atoms with van der Waals surface area (Å²) in [5.41, 5.74) is 4.72. The number of aryl methyl sites for hydroxylation is 1. The van der Waals surface area contributed by atoms with Crippen molar-refractivity contribution in [3.05, 3.63) is 71.3 Å². The molecular formula is C26H24F3N7. The van der Waals surface area contributed by atoms with E-state index in [1.54, 1.807) is 10.7 Å². The van der Waals surface area contributed by atoms with Crippen LogP contribution in [-0.4, -0.2) is 35.6 Å². The quantitative estimate of drug-likeness (QED) is 0.333. The van der Waals surface area contributed by atoms with E-state index in [0.29, 0.717) is 23.0 Å². The van der Waals surface area contributed by atoms with Crippen molar-refractivity contribution in [1.29, 1.82) is 0 Å². The average molecular weight is 492 g/mol. The molecule has 0 unspecified atom stereocenters. The number of nitrogens with one attached hydrogen (secondary N) is 2. The highest BCUT2D eigenvalue weighted by Crippen LogP contribution is 2.32. The van der Waals surface area contributed by atoms with E-state index < -0.39 is 11.9 Å². The summed E-state index contributed by atoms with van der Waals surface area (Å²) in [7, 11) is 0. The minimum absolute atomic E-state index is 0.111. The Balaban J connectivity index is 1.39. The molecule has 1 aromatic carbocycles. The molecule has 1 aliphatic carbocycles. The lowest BCUT2D eigenvalue weighted by atomic mass is 9.91. The topological polar surface area (TPSA) is 83.8 Å². The second kappa shape index (κ2) is 8.32. The Morgan fingerprint density at radius 2 is 1.92 bits per heavy atom. The predicted molar refractivity (Wildman–Crippen MR) is 131 cm³/mol. The number of pyridine rings is 1. The zero-order valence-corrected chi connectivity index (χ0v) is 19.8. The van der Waals surface area contributed by atoms with Crippen LogP contribution >= 0.6 is 0 Å². The zero-order chi connectivity index (χ0) is 25.0. The van der Waals surface area contributed by atoms with E-state index in [9.17, 15) is 13.2 Å². The number of fused-ring (bicyclic) bond motifs is 4. The fourth-order valence-corrected chi connectivity index (χ4v) is 4.89. The number of aromatic nitrogens is 6. The summed E-state index contributed by atoms with van der Waals surface area (Å²) in [6.45, 7) is 4.09. The first-order valence-electron chi connectivity index (χ1n) is 11.9. The highest BCUT2D eigenvalue weighted by atomic mass is 19.4. The Bertz CT molecular complexity index is 1560. The molecule has 184 valence electrons. The maximum Gasteiger partial charge on any atom is 0.433 e. The standard InChI is InChI=1S/C26H24F3N7/c1-14(2)19-13-31-36-24(19)34-23(15-7-10-22(30-12-15)26(27,28)29)35-25(36)32-16-8-9-21-18(11-16)17-5-3-4-6-20(17)33-21/h3-7,10,12-14,16,33H,8-9,11H2,1-2H3,(H,32,34,35)/t16-/m1/s1. The van der Waals surface area contributed by atoms with Gasteiger partial charge in [0, 0.05) is 40.0 Å². The van der Waals surface area contributed by atoms with Gasteiger partial charge in [-0.2, -0.15) is 27.8 Å². The normalized spacial score (nSPS) is 16.1. The van der Waals surface area contributed by atoms with Crippen LogP contribution in [0.4, 0.5) is 19.1 Å². The summed E-state index contributed by atoms with van der Waals surface area (Å²) >= 11 is 0. The summed E-state index contributed by atoms with van der Waals surface area (Å²) in [6, 6.07) is 10.7. The maximum absolute atomic E-state index is 13.0. The third-order valence-electron chi connectivity index (χ3n) is 6.76. The van der Waals surface area contributed by atoms with Crippen molar-refractivity contribution in [2.45, 2.75) is 51.2 Å². The van der Waals surface area contributed by atoms with Crippen LogP contribution in [0.15, 0.2) is 48.8 Å². The first-order chi connectivity index (χ1) is 17.3. The smallest absolute Gasteiger partial charge is 0.358 e. The molecule has 6 rings (SSSR count). The molecule has 1 atom stereocenters. The van der Waals surface area contributed by atoms with Crippen LogP contribution < -0.4 is 5.32 Å². The van der Waals surface area contributed by atoms with E-state index in [2.05, 4.69) is 42.5 Å². The summed E-state index contributed by atoms with van der Waals surface area (Å²) in [5, 5.41) is 9.31. The van der Waals surface area contributed by atoms with Gasteiger partial charge in [0.25, 0.3) is 0 Å². The molecule has 5 aromatic rings. The van der Waals surface area contributed by atoms with Crippen molar-refractivity contribution in [2.24, 2.45) is 0 Å². The van der Waals surface area contributed by atoms with Gasteiger partial charge >= 0.3 is 6.18 Å². The molecule has 7 nitrogen and oxygen atoms in total. The SMILES string of the molecule is CC(C)c1cnn2c(N[C@@H]3CCc4[nH]c5ccccc5c4C3)nc(-c3ccc(C(F)(F)F)nc3)nc12. The number of alkyl halides is 3. The van der Waals surface area contributed by atoms with Crippen LogP contribution in [0.1, 0.15) is 48.7 Å².